The van der Waals surface area contributed by atoms with Crippen molar-refractivity contribution in [3.8, 4) is 6.07 Å². The summed E-state index contributed by atoms with van der Waals surface area (Å²) in [6, 6.07) is 17.8. The average molecular weight is 310 g/mol. The number of hydrogen-bond donors (Lipinski definition) is 1. The van der Waals surface area contributed by atoms with Crippen LogP contribution in [0.1, 0.15) is 16.7 Å². The SMILES string of the molecule is Cc1ccc(CSCC(=O)Nc2ccc(CC#N)cc2)cc1. The molecule has 2 rings (SSSR count). The Hall–Kier alpha value is -2.25. The summed E-state index contributed by atoms with van der Waals surface area (Å²) in [5, 5.41) is 11.5. The molecule has 0 aliphatic carbocycles. The van der Waals surface area contributed by atoms with E-state index < -0.39 is 0 Å². The van der Waals surface area contributed by atoms with Gasteiger partial charge in [0.25, 0.3) is 0 Å². The van der Waals surface area contributed by atoms with Gasteiger partial charge in [-0.25, -0.2) is 0 Å². The second-order valence-electron chi connectivity index (χ2n) is 5.06. The Morgan fingerprint density at radius 2 is 1.73 bits per heavy atom. The Balaban J connectivity index is 1.75. The third kappa shape index (κ3) is 5.27. The predicted molar refractivity (Wildman–Crippen MR) is 91.7 cm³/mol. The monoisotopic (exact) mass is 310 g/mol. The third-order valence-corrected chi connectivity index (χ3v) is 4.15. The molecule has 1 N–H and O–H groups in total. The van der Waals surface area contributed by atoms with Crippen molar-refractivity contribution in [2.45, 2.75) is 19.1 Å². The van der Waals surface area contributed by atoms with E-state index in [9.17, 15) is 4.79 Å². The first kappa shape index (κ1) is 16.1. The van der Waals surface area contributed by atoms with E-state index in [1.807, 2.05) is 24.3 Å². The number of carbonyl (C=O) groups is 1. The van der Waals surface area contributed by atoms with Gasteiger partial charge < -0.3 is 5.32 Å². The second-order valence-corrected chi connectivity index (χ2v) is 6.04. The standard InChI is InChI=1S/C18H18N2OS/c1-14-2-4-16(5-3-14)12-22-13-18(21)20-17-8-6-15(7-9-17)10-11-19/h2-9H,10,12-13H2,1H3,(H,20,21). The molecule has 0 unspecified atom stereocenters. The lowest BCUT2D eigenvalue weighted by Gasteiger charge is -2.06. The number of hydrogen-bond acceptors (Lipinski definition) is 3. The summed E-state index contributed by atoms with van der Waals surface area (Å²) in [5.41, 5.74) is 4.19. The minimum absolute atomic E-state index is 0.00913. The molecule has 0 aliphatic heterocycles. The lowest BCUT2D eigenvalue weighted by Crippen LogP contribution is -2.14. The molecule has 4 heteroatoms. The molecule has 0 aliphatic rings. The highest BCUT2D eigenvalue weighted by atomic mass is 32.2. The maximum absolute atomic E-state index is 11.9. The smallest absolute Gasteiger partial charge is 0.234 e. The third-order valence-electron chi connectivity index (χ3n) is 3.14. The van der Waals surface area contributed by atoms with Crippen molar-refractivity contribution in [3.63, 3.8) is 0 Å². The summed E-state index contributed by atoms with van der Waals surface area (Å²) in [7, 11) is 0. The van der Waals surface area contributed by atoms with Crippen molar-refractivity contribution < 1.29 is 4.79 Å². The van der Waals surface area contributed by atoms with Crippen LogP contribution in [0.4, 0.5) is 5.69 Å². The van der Waals surface area contributed by atoms with E-state index in [0.717, 1.165) is 17.0 Å². The molecule has 0 heterocycles. The van der Waals surface area contributed by atoms with Gasteiger partial charge in [0.05, 0.1) is 18.2 Å². The highest BCUT2D eigenvalue weighted by molar-refractivity contribution is 7.99. The van der Waals surface area contributed by atoms with Crippen molar-refractivity contribution in [3.05, 3.63) is 65.2 Å². The topological polar surface area (TPSA) is 52.9 Å². The van der Waals surface area contributed by atoms with Crippen molar-refractivity contribution in [1.29, 1.82) is 5.26 Å². The first-order valence-corrected chi connectivity index (χ1v) is 8.22. The second kappa shape index (κ2) is 8.26. The number of aryl methyl sites for hydroxylation is 1. The Morgan fingerprint density at radius 3 is 2.36 bits per heavy atom. The molecule has 0 aromatic heterocycles. The van der Waals surface area contributed by atoms with Gasteiger partial charge >= 0.3 is 0 Å². The first-order valence-electron chi connectivity index (χ1n) is 7.06. The number of thioether (sulfide) groups is 1. The summed E-state index contributed by atoms with van der Waals surface area (Å²) in [5.74, 6) is 1.24. The summed E-state index contributed by atoms with van der Waals surface area (Å²) in [6.45, 7) is 2.06. The lowest BCUT2D eigenvalue weighted by molar-refractivity contribution is -0.113. The van der Waals surface area contributed by atoms with Crippen LogP contribution in [0.5, 0.6) is 0 Å². The molecule has 2 aromatic rings. The van der Waals surface area contributed by atoms with Gasteiger partial charge in [0, 0.05) is 11.4 Å². The minimum Gasteiger partial charge on any atom is -0.325 e. The van der Waals surface area contributed by atoms with Gasteiger partial charge in [-0.3, -0.25) is 4.79 Å². The fourth-order valence-corrected chi connectivity index (χ4v) is 2.73. The highest BCUT2D eigenvalue weighted by Gasteiger charge is 2.03. The van der Waals surface area contributed by atoms with E-state index in [4.69, 9.17) is 5.26 Å². The molecule has 1 amide bonds. The number of nitrogens with zero attached hydrogens (tertiary/aromatic N) is 1. The summed E-state index contributed by atoms with van der Waals surface area (Å²) < 4.78 is 0. The maximum atomic E-state index is 11.9. The molecule has 0 fully saturated rings. The number of nitriles is 1. The molecule has 3 nitrogen and oxygen atoms in total. The van der Waals surface area contributed by atoms with Crippen LogP contribution in [0.2, 0.25) is 0 Å². The van der Waals surface area contributed by atoms with Crippen molar-refractivity contribution in [2.75, 3.05) is 11.1 Å². The number of carbonyl (C=O) groups excluding carboxylic acids is 1. The van der Waals surface area contributed by atoms with Crippen LogP contribution < -0.4 is 5.32 Å². The first-order chi connectivity index (χ1) is 10.7. The zero-order chi connectivity index (χ0) is 15.8. The van der Waals surface area contributed by atoms with Gasteiger partial charge in [-0.1, -0.05) is 42.0 Å². The Morgan fingerprint density at radius 1 is 1.09 bits per heavy atom. The maximum Gasteiger partial charge on any atom is 0.234 e. The predicted octanol–water partition coefficient (Wildman–Crippen LogP) is 3.93. The molecule has 22 heavy (non-hydrogen) atoms. The van der Waals surface area contributed by atoms with Crippen LogP contribution in [0.15, 0.2) is 48.5 Å². The van der Waals surface area contributed by atoms with Gasteiger partial charge in [0.15, 0.2) is 0 Å². The highest BCUT2D eigenvalue weighted by Crippen LogP contribution is 2.14. The lowest BCUT2D eigenvalue weighted by atomic mass is 10.1. The Kier molecular flexibility index (Phi) is 6.05. The van der Waals surface area contributed by atoms with E-state index >= 15 is 0 Å². The molecule has 0 atom stereocenters. The van der Waals surface area contributed by atoms with Crippen molar-refractivity contribution in [1.82, 2.24) is 0 Å². The van der Waals surface area contributed by atoms with Crippen molar-refractivity contribution >= 4 is 23.4 Å². The molecule has 112 valence electrons. The van der Waals surface area contributed by atoms with E-state index in [-0.39, 0.29) is 5.91 Å². The number of benzene rings is 2. The van der Waals surface area contributed by atoms with Crippen LogP contribution in [0.3, 0.4) is 0 Å². The van der Waals surface area contributed by atoms with Gasteiger partial charge in [-0.2, -0.15) is 5.26 Å². The van der Waals surface area contributed by atoms with Crippen LogP contribution in [-0.4, -0.2) is 11.7 Å². The minimum atomic E-state index is -0.00913. The molecular weight excluding hydrogens is 292 g/mol. The summed E-state index contributed by atoms with van der Waals surface area (Å²) in [6.07, 6.45) is 0.390. The van der Waals surface area contributed by atoms with Gasteiger partial charge in [-0.15, -0.1) is 11.8 Å². The van der Waals surface area contributed by atoms with Gasteiger partial charge in [-0.05, 0) is 30.2 Å². The van der Waals surface area contributed by atoms with E-state index in [0.29, 0.717) is 12.2 Å². The van der Waals surface area contributed by atoms with Crippen LogP contribution >= 0.6 is 11.8 Å². The van der Waals surface area contributed by atoms with Gasteiger partial charge in [0.1, 0.15) is 0 Å². The molecular formula is C18H18N2OS. The fraction of sp³-hybridized carbons (Fsp3) is 0.222. The summed E-state index contributed by atoms with van der Waals surface area (Å²) >= 11 is 1.60. The molecule has 0 spiro atoms. The van der Waals surface area contributed by atoms with Crippen LogP contribution in [0, 0.1) is 18.3 Å². The molecule has 2 aromatic carbocycles. The number of anilines is 1. The summed E-state index contributed by atoms with van der Waals surface area (Å²) in [4.78, 5) is 11.9. The molecule has 0 bridgehead atoms. The quantitative estimate of drug-likeness (QED) is 0.879. The Bertz CT molecular complexity index is 657. The fourth-order valence-electron chi connectivity index (χ4n) is 1.94. The van der Waals surface area contributed by atoms with Crippen LogP contribution in [0.25, 0.3) is 0 Å². The largest absolute Gasteiger partial charge is 0.325 e. The molecule has 0 radical (unpaired) electrons. The molecule has 0 saturated heterocycles. The number of amides is 1. The van der Waals surface area contributed by atoms with Crippen molar-refractivity contribution in [2.24, 2.45) is 0 Å². The van der Waals surface area contributed by atoms with E-state index in [2.05, 4.69) is 42.6 Å². The Labute approximate surface area is 135 Å². The van der Waals surface area contributed by atoms with E-state index in [1.54, 1.807) is 11.8 Å². The van der Waals surface area contributed by atoms with Crippen LogP contribution in [-0.2, 0) is 17.0 Å². The average Bonchev–Trinajstić information content (AvgIpc) is 2.51. The van der Waals surface area contributed by atoms with E-state index in [1.165, 1.54) is 11.1 Å². The zero-order valence-electron chi connectivity index (χ0n) is 12.5. The number of nitrogens with one attached hydrogen (secondary N) is 1. The zero-order valence-corrected chi connectivity index (χ0v) is 13.3. The molecule has 0 saturated carbocycles. The number of rotatable bonds is 6. The normalized spacial score (nSPS) is 10.0. The van der Waals surface area contributed by atoms with Gasteiger partial charge in [0.2, 0.25) is 5.91 Å².